The lowest BCUT2D eigenvalue weighted by molar-refractivity contribution is -0.146. The second kappa shape index (κ2) is 8.68. The van der Waals surface area contributed by atoms with Crippen LogP contribution < -0.4 is 5.32 Å². The average molecular weight is 335 g/mol. The largest absolute Gasteiger partial charge is 0.460 e. The third-order valence-electron chi connectivity index (χ3n) is 4.10. The van der Waals surface area contributed by atoms with Gasteiger partial charge in [-0.05, 0) is 11.5 Å². The Hall–Kier alpha value is -2.08. The number of hydrogen-bond donors (Lipinski definition) is 1. The Morgan fingerprint density at radius 1 is 1.33 bits per heavy atom. The zero-order valence-electron chi connectivity index (χ0n) is 14.4. The van der Waals surface area contributed by atoms with Gasteiger partial charge >= 0.3 is 12.1 Å². The third-order valence-corrected chi connectivity index (χ3v) is 4.10. The van der Waals surface area contributed by atoms with Crippen molar-refractivity contribution in [3.05, 3.63) is 35.9 Å². The number of cyclic esters (lactones) is 1. The Morgan fingerprint density at radius 2 is 2.04 bits per heavy atom. The first kappa shape index (κ1) is 18.3. The molecule has 2 rings (SSSR count). The fourth-order valence-corrected chi connectivity index (χ4v) is 2.82. The van der Waals surface area contributed by atoms with Crippen molar-refractivity contribution in [2.45, 2.75) is 39.0 Å². The van der Waals surface area contributed by atoms with Crippen molar-refractivity contribution in [2.24, 2.45) is 11.8 Å². The lowest BCUT2D eigenvalue weighted by Gasteiger charge is -2.26. The molecule has 24 heavy (non-hydrogen) atoms. The van der Waals surface area contributed by atoms with Crippen molar-refractivity contribution in [2.75, 3.05) is 13.7 Å². The first-order valence-corrected chi connectivity index (χ1v) is 8.18. The summed E-state index contributed by atoms with van der Waals surface area (Å²) < 4.78 is 15.7. The van der Waals surface area contributed by atoms with Crippen LogP contribution in [0, 0.1) is 11.8 Å². The van der Waals surface area contributed by atoms with Gasteiger partial charge in [-0.25, -0.2) is 4.79 Å². The lowest BCUT2D eigenvalue weighted by atomic mass is 9.94. The molecule has 0 spiro atoms. The van der Waals surface area contributed by atoms with Gasteiger partial charge in [-0.15, -0.1) is 0 Å². The van der Waals surface area contributed by atoms with Crippen LogP contribution in [-0.2, 0) is 25.6 Å². The first-order chi connectivity index (χ1) is 11.5. The molecule has 0 saturated carbocycles. The van der Waals surface area contributed by atoms with E-state index in [1.807, 2.05) is 44.2 Å². The predicted molar refractivity (Wildman–Crippen MR) is 88.3 cm³/mol. The minimum absolute atomic E-state index is 0.105. The Morgan fingerprint density at radius 3 is 2.67 bits per heavy atom. The molecular formula is C18H25NO5. The van der Waals surface area contributed by atoms with Crippen molar-refractivity contribution in [3.63, 3.8) is 0 Å². The van der Waals surface area contributed by atoms with Crippen molar-refractivity contribution in [1.82, 2.24) is 5.32 Å². The lowest BCUT2D eigenvalue weighted by Crippen LogP contribution is -2.46. The Labute approximate surface area is 142 Å². The van der Waals surface area contributed by atoms with E-state index in [1.54, 1.807) is 7.11 Å². The highest BCUT2D eigenvalue weighted by atomic mass is 16.6. The van der Waals surface area contributed by atoms with Crippen LogP contribution in [0.25, 0.3) is 0 Å². The quantitative estimate of drug-likeness (QED) is 0.775. The molecule has 1 amide bonds. The van der Waals surface area contributed by atoms with Gasteiger partial charge in [-0.2, -0.15) is 0 Å². The summed E-state index contributed by atoms with van der Waals surface area (Å²) in [7, 11) is 1.56. The number of esters is 1. The summed E-state index contributed by atoms with van der Waals surface area (Å²) in [5.41, 5.74) is 0.918. The second-order valence-corrected chi connectivity index (χ2v) is 6.34. The standard InChI is InChI=1S/C18H25NO5/c1-12(2)16(15-9-14(11-22-3)17(20)24-15)19-18(21)23-10-13-7-5-4-6-8-13/h4-8,12,14-16H,9-11H2,1-3H3,(H,19,21)/t14-,15+,16+/m1/s1. The van der Waals surface area contributed by atoms with Gasteiger partial charge in [0.1, 0.15) is 12.7 Å². The van der Waals surface area contributed by atoms with Gasteiger partial charge in [0.15, 0.2) is 0 Å². The first-order valence-electron chi connectivity index (χ1n) is 8.18. The molecule has 1 saturated heterocycles. The number of methoxy groups -OCH3 is 1. The van der Waals surface area contributed by atoms with E-state index in [0.29, 0.717) is 13.0 Å². The maximum absolute atomic E-state index is 12.1. The fraction of sp³-hybridized carbons (Fsp3) is 0.556. The summed E-state index contributed by atoms with van der Waals surface area (Å²) in [6, 6.07) is 9.17. The van der Waals surface area contributed by atoms with Gasteiger partial charge in [0, 0.05) is 13.5 Å². The van der Waals surface area contributed by atoms with Gasteiger partial charge < -0.3 is 19.5 Å². The van der Waals surface area contributed by atoms with E-state index < -0.39 is 6.09 Å². The molecule has 0 aliphatic carbocycles. The number of carbonyl (C=O) groups excluding carboxylic acids is 2. The van der Waals surface area contributed by atoms with Crippen LogP contribution in [-0.4, -0.2) is 37.9 Å². The molecule has 0 bridgehead atoms. The molecular weight excluding hydrogens is 310 g/mol. The number of nitrogens with one attached hydrogen (secondary N) is 1. The number of ether oxygens (including phenoxy) is 3. The van der Waals surface area contributed by atoms with Gasteiger partial charge in [-0.1, -0.05) is 44.2 Å². The maximum Gasteiger partial charge on any atom is 0.407 e. The molecule has 3 atom stereocenters. The summed E-state index contributed by atoms with van der Waals surface area (Å²) >= 11 is 0. The number of hydrogen-bond acceptors (Lipinski definition) is 5. The van der Waals surface area contributed by atoms with Gasteiger partial charge in [0.2, 0.25) is 0 Å². The van der Waals surface area contributed by atoms with Crippen LogP contribution in [0.4, 0.5) is 4.79 Å². The highest BCUT2D eigenvalue weighted by Crippen LogP contribution is 2.26. The van der Waals surface area contributed by atoms with Crippen LogP contribution in [0.2, 0.25) is 0 Å². The minimum Gasteiger partial charge on any atom is -0.460 e. The number of alkyl carbamates (subject to hydrolysis) is 1. The second-order valence-electron chi connectivity index (χ2n) is 6.34. The van der Waals surface area contributed by atoms with Crippen molar-refractivity contribution >= 4 is 12.1 Å². The molecule has 1 aliphatic rings. The van der Waals surface area contributed by atoms with E-state index in [-0.39, 0.29) is 36.6 Å². The highest BCUT2D eigenvalue weighted by molar-refractivity contribution is 5.75. The molecule has 0 unspecified atom stereocenters. The van der Waals surface area contributed by atoms with E-state index in [0.717, 1.165) is 5.56 Å². The predicted octanol–water partition coefficient (Wildman–Crippen LogP) is 2.52. The summed E-state index contributed by atoms with van der Waals surface area (Å²) in [5, 5.41) is 2.83. The Balaban J connectivity index is 1.89. The van der Waals surface area contributed by atoms with E-state index in [1.165, 1.54) is 0 Å². The van der Waals surface area contributed by atoms with Crippen LogP contribution in [0.3, 0.4) is 0 Å². The molecule has 1 N–H and O–H groups in total. The number of benzene rings is 1. The number of amides is 1. The molecule has 1 fully saturated rings. The number of carbonyl (C=O) groups is 2. The monoisotopic (exact) mass is 335 g/mol. The Bertz CT molecular complexity index is 546. The molecule has 1 aromatic carbocycles. The van der Waals surface area contributed by atoms with Crippen LogP contribution in [0.1, 0.15) is 25.8 Å². The molecule has 1 aliphatic heterocycles. The summed E-state index contributed by atoms with van der Waals surface area (Å²) in [6.07, 6.45) is -0.334. The van der Waals surface area contributed by atoms with E-state index in [9.17, 15) is 9.59 Å². The van der Waals surface area contributed by atoms with Crippen LogP contribution in [0.15, 0.2) is 30.3 Å². The summed E-state index contributed by atoms with van der Waals surface area (Å²) in [6.45, 7) is 4.48. The molecule has 1 aromatic rings. The van der Waals surface area contributed by atoms with E-state index >= 15 is 0 Å². The smallest absolute Gasteiger partial charge is 0.407 e. The van der Waals surface area contributed by atoms with Crippen molar-refractivity contribution in [3.8, 4) is 0 Å². The molecule has 6 nitrogen and oxygen atoms in total. The maximum atomic E-state index is 12.1. The molecule has 6 heteroatoms. The fourth-order valence-electron chi connectivity index (χ4n) is 2.82. The molecule has 0 radical (unpaired) electrons. The third kappa shape index (κ3) is 4.96. The summed E-state index contributed by atoms with van der Waals surface area (Å²) in [4.78, 5) is 23.9. The van der Waals surface area contributed by atoms with E-state index in [2.05, 4.69) is 5.32 Å². The normalized spacial score (nSPS) is 21.4. The SMILES string of the molecule is COC[C@H]1C[C@@H]([C@@H](NC(=O)OCc2ccccc2)C(C)C)OC1=O. The van der Waals surface area contributed by atoms with Crippen LogP contribution in [0.5, 0.6) is 0 Å². The Kier molecular flexibility index (Phi) is 6.61. The minimum atomic E-state index is -0.510. The van der Waals surface area contributed by atoms with E-state index in [4.69, 9.17) is 14.2 Å². The van der Waals surface area contributed by atoms with Crippen molar-refractivity contribution in [1.29, 1.82) is 0 Å². The average Bonchev–Trinajstić information content (AvgIpc) is 2.92. The highest BCUT2D eigenvalue weighted by Gasteiger charge is 2.40. The van der Waals surface area contributed by atoms with Gasteiger partial charge in [-0.3, -0.25) is 4.79 Å². The number of rotatable bonds is 7. The molecule has 1 heterocycles. The van der Waals surface area contributed by atoms with Crippen LogP contribution >= 0.6 is 0 Å². The zero-order chi connectivity index (χ0) is 17.5. The topological polar surface area (TPSA) is 73.9 Å². The van der Waals surface area contributed by atoms with Crippen molar-refractivity contribution < 1.29 is 23.8 Å². The van der Waals surface area contributed by atoms with Gasteiger partial charge in [0.25, 0.3) is 0 Å². The van der Waals surface area contributed by atoms with Gasteiger partial charge in [0.05, 0.1) is 18.6 Å². The summed E-state index contributed by atoms with van der Waals surface area (Å²) in [5.74, 6) is -0.441. The molecule has 0 aromatic heterocycles. The zero-order valence-corrected chi connectivity index (χ0v) is 14.4. The molecule has 132 valence electrons.